The molecule has 0 unspecified atom stereocenters. The molecule has 10 nitrogen and oxygen atoms in total. The van der Waals surface area contributed by atoms with Gasteiger partial charge in [-0.25, -0.2) is 4.79 Å². The summed E-state index contributed by atoms with van der Waals surface area (Å²) in [7, 11) is 0. The zero-order valence-electron chi connectivity index (χ0n) is 13.7. The van der Waals surface area contributed by atoms with Gasteiger partial charge in [0.15, 0.2) is 5.76 Å². The highest BCUT2D eigenvalue weighted by atomic mass is 16.5. The van der Waals surface area contributed by atoms with E-state index in [0.717, 1.165) is 0 Å². The van der Waals surface area contributed by atoms with Gasteiger partial charge in [0.25, 0.3) is 0 Å². The van der Waals surface area contributed by atoms with E-state index < -0.39 is 11.9 Å². The summed E-state index contributed by atoms with van der Waals surface area (Å²) in [6.45, 7) is 3.67. The van der Waals surface area contributed by atoms with Crippen molar-refractivity contribution in [1.82, 2.24) is 20.4 Å². The summed E-state index contributed by atoms with van der Waals surface area (Å²) in [4.78, 5) is 29.5. The highest BCUT2D eigenvalue weighted by Gasteiger charge is 2.27. The summed E-state index contributed by atoms with van der Waals surface area (Å²) in [5, 5.41) is 6.54. The fourth-order valence-corrected chi connectivity index (χ4v) is 2.44. The lowest BCUT2D eigenvalue weighted by molar-refractivity contribution is -0.118. The number of nitrogens with one attached hydrogen (secondary N) is 1. The minimum absolute atomic E-state index is 0.0875. The van der Waals surface area contributed by atoms with Crippen molar-refractivity contribution in [3.05, 3.63) is 23.8 Å². The fraction of sp³-hybridized carbons (Fsp3) is 0.467. The average Bonchev–Trinajstić information content (AvgIpc) is 3.23. The summed E-state index contributed by atoms with van der Waals surface area (Å²) in [5.41, 5.74) is 5.27. The number of ether oxygens (including phenoxy) is 1. The second-order valence-corrected chi connectivity index (χ2v) is 5.64. The molecule has 10 heteroatoms. The standard InChI is InChI=1S/C15H19N5O5/c1-9-2-3-11(24-9)13-18-14(25-19-13)10(8-12(16)21)17-15(22)20-4-6-23-7-5-20/h2-3,10H,4-8H2,1H3,(H2,16,21)(H,17,22)/t10-/m0/s1. The molecule has 2 aromatic rings. The Morgan fingerprint density at radius 3 is 2.76 bits per heavy atom. The molecule has 0 bridgehead atoms. The number of urea groups is 1. The molecular weight excluding hydrogens is 330 g/mol. The minimum atomic E-state index is -0.815. The molecule has 0 aromatic carbocycles. The van der Waals surface area contributed by atoms with Crippen molar-refractivity contribution >= 4 is 11.9 Å². The maximum absolute atomic E-state index is 12.3. The van der Waals surface area contributed by atoms with Gasteiger partial charge in [0.1, 0.15) is 11.8 Å². The van der Waals surface area contributed by atoms with Crippen LogP contribution in [0.15, 0.2) is 21.1 Å². The van der Waals surface area contributed by atoms with Crippen molar-refractivity contribution in [3.63, 3.8) is 0 Å². The van der Waals surface area contributed by atoms with E-state index in [1.165, 1.54) is 0 Å². The summed E-state index contributed by atoms with van der Waals surface area (Å²) in [5.74, 6) is 0.865. The van der Waals surface area contributed by atoms with Crippen molar-refractivity contribution in [2.24, 2.45) is 5.73 Å². The number of hydrogen-bond donors (Lipinski definition) is 2. The van der Waals surface area contributed by atoms with Gasteiger partial charge in [0.2, 0.25) is 17.6 Å². The van der Waals surface area contributed by atoms with Crippen LogP contribution in [-0.2, 0) is 9.53 Å². The van der Waals surface area contributed by atoms with Gasteiger partial charge in [0.05, 0.1) is 19.6 Å². The molecule has 3 rings (SSSR count). The zero-order chi connectivity index (χ0) is 17.8. The summed E-state index contributed by atoms with van der Waals surface area (Å²) >= 11 is 0. The third kappa shape index (κ3) is 4.15. The van der Waals surface area contributed by atoms with Gasteiger partial charge >= 0.3 is 6.03 Å². The largest absolute Gasteiger partial charge is 0.458 e. The predicted octanol–water partition coefficient (Wildman–Crippen LogP) is 0.596. The summed E-state index contributed by atoms with van der Waals surface area (Å²) in [6.07, 6.45) is -0.158. The van der Waals surface area contributed by atoms with Gasteiger partial charge in [-0.3, -0.25) is 4.79 Å². The molecule has 0 saturated carbocycles. The monoisotopic (exact) mass is 349 g/mol. The molecule has 3 amide bonds. The first-order valence-corrected chi connectivity index (χ1v) is 7.85. The van der Waals surface area contributed by atoms with Crippen LogP contribution in [-0.4, -0.2) is 53.3 Å². The van der Waals surface area contributed by atoms with Gasteiger partial charge in [-0.2, -0.15) is 4.98 Å². The molecule has 3 heterocycles. The first-order chi connectivity index (χ1) is 12.0. The highest BCUT2D eigenvalue weighted by molar-refractivity contribution is 5.78. The first kappa shape index (κ1) is 17.0. The Bertz CT molecular complexity index is 749. The summed E-state index contributed by atoms with van der Waals surface area (Å²) < 4.78 is 15.8. The van der Waals surface area contributed by atoms with Crippen LogP contribution in [0.3, 0.4) is 0 Å². The van der Waals surface area contributed by atoms with Crippen LogP contribution >= 0.6 is 0 Å². The molecule has 1 fully saturated rings. The molecule has 3 N–H and O–H groups in total. The average molecular weight is 349 g/mol. The topological polar surface area (TPSA) is 137 Å². The van der Waals surface area contributed by atoms with Crippen LogP contribution in [0.4, 0.5) is 4.79 Å². The molecule has 1 aliphatic rings. The third-order valence-electron chi connectivity index (χ3n) is 3.70. The molecular formula is C15H19N5O5. The number of primary amides is 1. The number of nitrogens with zero attached hydrogens (tertiary/aromatic N) is 3. The predicted molar refractivity (Wildman–Crippen MR) is 84.2 cm³/mol. The molecule has 0 aliphatic carbocycles. The maximum atomic E-state index is 12.3. The quantitative estimate of drug-likeness (QED) is 0.806. The number of amides is 3. The lowest BCUT2D eigenvalue weighted by Crippen LogP contribution is -2.47. The first-order valence-electron chi connectivity index (χ1n) is 7.85. The van der Waals surface area contributed by atoms with Crippen LogP contribution in [0.2, 0.25) is 0 Å². The minimum Gasteiger partial charge on any atom is -0.458 e. The van der Waals surface area contributed by atoms with Gasteiger partial charge in [-0.15, -0.1) is 0 Å². The molecule has 1 saturated heterocycles. The third-order valence-corrected chi connectivity index (χ3v) is 3.70. The lowest BCUT2D eigenvalue weighted by atomic mass is 10.2. The molecule has 0 radical (unpaired) electrons. The number of furan rings is 1. The molecule has 0 spiro atoms. The Morgan fingerprint density at radius 2 is 2.12 bits per heavy atom. The number of nitrogens with two attached hydrogens (primary N) is 1. The van der Waals surface area contributed by atoms with Crippen LogP contribution in [0.25, 0.3) is 11.6 Å². The lowest BCUT2D eigenvalue weighted by Gasteiger charge is -2.28. The summed E-state index contributed by atoms with van der Waals surface area (Å²) in [6, 6.07) is 2.32. The molecule has 25 heavy (non-hydrogen) atoms. The van der Waals surface area contributed by atoms with E-state index in [1.807, 2.05) is 0 Å². The van der Waals surface area contributed by atoms with Crippen molar-refractivity contribution < 1.29 is 23.3 Å². The van der Waals surface area contributed by atoms with Crippen molar-refractivity contribution in [3.8, 4) is 11.6 Å². The Labute approximate surface area is 143 Å². The van der Waals surface area contributed by atoms with E-state index in [2.05, 4.69) is 15.5 Å². The SMILES string of the molecule is Cc1ccc(-c2noc([C@H](CC(N)=O)NC(=O)N3CCOCC3)n2)o1. The Hall–Kier alpha value is -2.88. The zero-order valence-corrected chi connectivity index (χ0v) is 13.7. The second kappa shape index (κ2) is 7.34. The van der Waals surface area contributed by atoms with E-state index in [9.17, 15) is 9.59 Å². The van der Waals surface area contributed by atoms with Crippen molar-refractivity contribution in [2.75, 3.05) is 26.3 Å². The number of carbonyl (C=O) groups excluding carboxylic acids is 2. The highest BCUT2D eigenvalue weighted by Crippen LogP contribution is 2.22. The second-order valence-electron chi connectivity index (χ2n) is 5.64. The number of hydrogen-bond acceptors (Lipinski definition) is 7. The van der Waals surface area contributed by atoms with E-state index in [1.54, 1.807) is 24.0 Å². The fourth-order valence-electron chi connectivity index (χ4n) is 2.44. The normalized spacial score (nSPS) is 15.8. The Morgan fingerprint density at radius 1 is 1.36 bits per heavy atom. The van der Waals surface area contributed by atoms with Gasteiger partial charge < -0.3 is 29.6 Å². The molecule has 2 aromatic heterocycles. The Kier molecular flexibility index (Phi) is 4.98. The van der Waals surface area contributed by atoms with Crippen molar-refractivity contribution in [2.45, 2.75) is 19.4 Å². The van der Waals surface area contributed by atoms with Crippen LogP contribution in [0.1, 0.15) is 24.1 Å². The number of morpholine rings is 1. The number of rotatable bonds is 5. The van der Waals surface area contributed by atoms with Gasteiger partial charge in [-0.1, -0.05) is 5.16 Å². The molecule has 1 aliphatic heterocycles. The van der Waals surface area contributed by atoms with Crippen LogP contribution in [0, 0.1) is 6.92 Å². The van der Waals surface area contributed by atoms with Crippen molar-refractivity contribution in [1.29, 1.82) is 0 Å². The van der Waals surface area contributed by atoms with E-state index in [4.69, 9.17) is 19.4 Å². The van der Waals surface area contributed by atoms with E-state index >= 15 is 0 Å². The molecule has 1 atom stereocenters. The van der Waals surface area contributed by atoms with Gasteiger partial charge in [0, 0.05) is 13.1 Å². The van der Waals surface area contributed by atoms with E-state index in [-0.39, 0.29) is 24.2 Å². The smallest absolute Gasteiger partial charge is 0.318 e. The Balaban J connectivity index is 1.75. The number of aromatic nitrogens is 2. The maximum Gasteiger partial charge on any atom is 0.318 e. The van der Waals surface area contributed by atoms with Crippen LogP contribution < -0.4 is 11.1 Å². The number of carbonyl (C=O) groups is 2. The van der Waals surface area contributed by atoms with E-state index in [0.29, 0.717) is 37.8 Å². The van der Waals surface area contributed by atoms with Crippen LogP contribution in [0.5, 0.6) is 0 Å². The van der Waals surface area contributed by atoms with Gasteiger partial charge in [-0.05, 0) is 19.1 Å². The number of aryl methyl sites for hydroxylation is 1. The molecule has 134 valence electrons.